The van der Waals surface area contributed by atoms with Gasteiger partial charge in [0.25, 0.3) is 11.9 Å². The zero-order valence-electron chi connectivity index (χ0n) is 16.1. The molecule has 1 aromatic heterocycles. The second kappa shape index (κ2) is 8.13. The van der Waals surface area contributed by atoms with Gasteiger partial charge < -0.3 is 23.3 Å². The Hall–Kier alpha value is -3.44. The summed E-state index contributed by atoms with van der Waals surface area (Å²) in [5.74, 6) is -4.16. The fourth-order valence-corrected chi connectivity index (χ4v) is 2.93. The van der Waals surface area contributed by atoms with Gasteiger partial charge in [0.1, 0.15) is 11.7 Å². The predicted molar refractivity (Wildman–Crippen MR) is 98.0 cm³/mol. The van der Waals surface area contributed by atoms with Gasteiger partial charge in [-0.3, -0.25) is 14.4 Å². The van der Waals surface area contributed by atoms with E-state index in [4.69, 9.17) is 9.39 Å². The molecule has 0 N–H and O–H groups in total. The van der Waals surface area contributed by atoms with Gasteiger partial charge in [0.05, 0.1) is 24.1 Å². The molecular weight excluding hydrogens is 407 g/mol. The molecule has 9 nitrogen and oxygen atoms in total. The molecule has 1 fully saturated rings. The molecule has 3 rings (SSSR count). The lowest BCUT2D eigenvalue weighted by Gasteiger charge is -2.16. The van der Waals surface area contributed by atoms with E-state index < -0.39 is 54.3 Å². The number of nitrogens with zero attached hydrogens (tertiary/aromatic N) is 1. The van der Waals surface area contributed by atoms with Gasteiger partial charge >= 0.3 is 13.3 Å². The summed E-state index contributed by atoms with van der Waals surface area (Å²) >= 11 is 0. The molecule has 1 heterocycles. The molecule has 158 valence electrons. The van der Waals surface area contributed by atoms with Crippen LogP contribution in [0.2, 0.25) is 0 Å². The average molecular weight is 423 g/mol. The first-order valence-electron chi connectivity index (χ1n) is 8.74. The molecule has 12 heteroatoms. The number of halogens is 2. The van der Waals surface area contributed by atoms with Crippen LogP contribution >= 0.6 is 0 Å². The second-order valence-electron chi connectivity index (χ2n) is 6.49. The van der Waals surface area contributed by atoms with Crippen LogP contribution in [0.25, 0.3) is 10.9 Å². The summed E-state index contributed by atoms with van der Waals surface area (Å²) in [6, 6.07) is 1.37. The molecule has 2 atom stereocenters. The van der Waals surface area contributed by atoms with E-state index in [1.807, 2.05) is 0 Å². The molecule has 0 spiro atoms. The van der Waals surface area contributed by atoms with E-state index in [-0.39, 0.29) is 23.1 Å². The minimum absolute atomic E-state index is 0.0132. The standard InChI is InChI=1S/C18H16BF2NO8/c1-8(23)28-19(29-9(2)24)30-18(26)11-7-22(14-6-13(14)21)15-10(16(11)25)4-5-12(20)17(15)27-3/h4-5,7,13-14H,6H2,1-3H3/t13-,14+/m0/s1. The van der Waals surface area contributed by atoms with Crippen LogP contribution in [0.15, 0.2) is 23.1 Å². The number of ether oxygens (including phenoxy) is 1. The van der Waals surface area contributed by atoms with E-state index >= 15 is 0 Å². The Balaban J connectivity index is 2.10. The van der Waals surface area contributed by atoms with Gasteiger partial charge in [-0.2, -0.15) is 0 Å². The van der Waals surface area contributed by atoms with Crippen LogP contribution in [0, 0.1) is 5.82 Å². The number of carbonyl (C=O) groups is 3. The predicted octanol–water partition coefficient (Wildman–Crippen LogP) is 1.70. The molecule has 30 heavy (non-hydrogen) atoms. The van der Waals surface area contributed by atoms with Crippen LogP contribution in [-0.2, 0) is 23.6 Å². The SMILES string of the molecule is COc1c(F)ccc2c(=O)c(C(=O)OB(OC(C)=O)OC(C)=O)cn([C@@H]3C[C@@H]3F)c12. The molecule has 1 aliphatic carbocycles. The first-order chi connectivity index (χ1) is 14.1. The quantitative estimate of drug-likeness (QED) is 0.646. The third-order valence-electron chi connectivity index (χ3n) is 4.29. The monoisotopic (exact) mass is 423 g/mol. The van der Waals surface area contributed by atoms with Crippen molar-refractivity contribution < 1.29 is 41.9 Å². The minimum atomic E-state index is -2.02. The van der Waals surface area contributed by atoms with Crippen molar-refractivity contribution in [3.63, 3.8) is 0 Å². The van der Waals surface area contributed by atoms with Crippen molar-refractivity contribution in [2.45, 2.75) is 32.5 Å². The lowest BCUT2D eigenvalue weighted by molar-refractivity contribution is -0.139. The van der Waals surface area contributed by atoms with E-state index in [9.17, 15) is 28.0 Å². The lowest BCUT2D eigenvalue weighted by atomic mass is 10.1. The number of methoxy groups -OCH3 is 1. The molecule has 0 aliphatic heterocycles. The van der Waals surface area contributed by atoms with Gasteiger partial charge in [-0.1, -0.05) is 0 Å². The highest BCUT2D eigenvalue weighted by Crippen LogP contribution is 2.42. The first-order valence-corrected chi connectivity index (χ1v) is 8.74. The first kappa shape index (κ1) is 21.3. The van der Waals surface area contributed by atoms with Crippen molar-refractivity contribution in [2.75, 3.05) is 7.11 Å². The Morgan fingerprint density at radius 3 is 2.23 bits per heavy atom. The number of rotatable bonds is 6. The Labute approximate surface area is 168 Å². The van der Waals surface area contributed by atoms with Crippen molar-refractivity contribution in [1.82, 2.24) is 4.57 Å². The maximum absolute atomic E-state index is 14.2. The number of benzene rings is 1. The Bertz CT molecular complexity index is 1090. The molecule has 0 bridgehead atoms. The number of fused-ring (bicyclic) bond motifs is 1. The molecule has 1 aliphatic rings. The zero-order chi connectivity index (χ0) is 22.2. The zero-order valence-corrected chi connectivity index (χ0v) is 16.1. The highest BCUT2D eigenvalue weighted by atomic mass is 19.1. The number of pyridine rings is 1. The van der Waals surface area contributed by atoms with Crippen molar-refractivity contribution >= 4 is 36.1 Å². The average Bonchev–Trinajstić information content (AvgIpc) is 3.37. The molecular formula is C18H16BF2NO8. The van der Waals surface area contributed by atoms with Crippen molar-refractivity contribution in [3.05, 3.63) is 39.9 Å². The van der Waals surface area contributed by atoms with Crippen LogP contribution in [0.3, 0.4) is 0 Å². The minimum Gasteiger partial charge on any atom is -0.492 e. The van der Waals surface area contributed by atoms with E-state index in [0.717, 1.165) is 32.2 Å². The molecule has 0 unspecified atom stereocenters. The van der Waals surface area contributed by atoms with Crippen molar-refractivity contribution in [1.29, 1.82) is 0 Å². The molecule has 0 amide bonds. The highest BCUT2D eigenvalue weighted by molar-refractivity contribution is 6.44. The van der Waals surface area contributed by atoms with Crippen molar-refractivity contribution in [2.24, 2.45) is 0 Å². The third-order valence-corrected chi connectivity index (χ3v) is 4.29. The normalized spacial score (nSPS) is 17.2. The van der Waals surface area contributed by atoms with E-state index in [2.05, 4.69) is 9.31 Å². The highest BCUT2D eigenvalue weighted by Gasteiger charge is 2.41. The third kappa shape index (κ3) is 4.12. The van der Waals surface area contributed by atoms with Crippen LogP contribution < -0.4 is 10.2 Å². The van der Waals surface area contributed by atoms with Gasteiger partial charge in [-0.25, -0.2) is 13.6 Å². The van der Waals surface area contributed by atoms with E-state index in [0.29, 0.717) is 0 Å². The van der Waals surface area contributed by atoms with Gasteiger partial charge in [0.15, 0.2) is 11.6 Å². The Morgan fingerprint density at radius 2 is 1.73 bits per heavy atom. The molecule has 1 saturated carbocycles. The van der Waals surface area contributed by atoms with Gasteiger partial charge in [-0.05, 0) is 12.1 Å². The Kier molecular flexibility index (Phi) is 5.77. The maximum Gasteiger partial charge on any atom is 0.870 e. The number of alkyl halides is 1. The summed E-state index contributed by atoms with van der Waals surface area (Å²) in [5.41, 5.74) is -1.43. The van der Waals surface area contributed by atoms with Gasteiger partial charge in [0.2, 0.25) is 5.43 Å². The summed E-state index contributed by atoms with van der Waals surface area (Å²) < 4.78 is 48.2. The lowest BCUT2D eigenvalue weighted by Crippen LogP contribution is -2.35. The van der Waals surface area contributed by atoms with Crippen molar-refractivity contribution in [3.8, 4) is 5.75 Å². The largest absolute Gasteiger partial charge is 0.870 e. The smallest absolute Gasteiger partial charge is 0.492 e. The second-order valence-corrected chi connectivity index (χ2v) is 6.49. The van der Waals surface area contributed by atoms with Crippen LogP contribution in [0.5, 0.6) is 5.75 Å². The van der Waals surface area contributed by atoms with Gasteiger partial charge in [0, 0.05) is 26.5 Å². The summed E-state index contributed by atoms with van der Waals surface area (Å²) in [6.07, 6.45) is -0.157. The number of hydrogen-bond donors (Lipinski definition) is 0. The van der Waals surface area contributed by atoms with Crippen LogP contribution in [0.1, 0.15) is 36.7 Å². The summed E-state index contributed by atoms with van der Waals surface area (Å²) in [6.45, 7) is 1.98. The fourth-order valence-electron chi connectivity index (χ4n) is 2.93. The summed E-state index contributed by atoms with van der Waals surface area (Å²) in [7, 11) is -0.828. The number of hydrogen-bond acceptors (Lipinski definition) is 8. The fraction of sp³-hybridized carbons (Fsp3) is 0.333. The van der Waals surface area contributed by atoms with Crippen LogP contribution in [0.4, 0.5) is 8.78 Å². The van der Waals surface area contributed by atoms with Gasteiger partial charge in [-0.15, -0.1) is 0 Å². The topological polar surface area (TPSA) is 110 Å². The molecule has 2 aromatic rings. The number of carbonyl (C=O) groups excluding carboxylic acids is 3. The Morgan fingerprint density at radius 1 is 1.13 bits per heavy atom. The van der Waals surface area contributed by atoms with E-state index in [1.54, 1.807) is 0 Å². The molecule has 0 radical (unpaired) electrons. The van der Waals surface area contributed by atoms with E-state index in [1.165, 1.54) is 11.7 Å². The summed E-state index contributed by atoms with van der Waals surface area (Å²) in [5, 5.41) is -0.113. The maximum atomic E-state index is 14.2. The van der Waals surface area contributed by atoms with Crippen LogP contribution in [-0.4, -0.2) is 43.1 Å². The number of aromatic nitrogens is 1. The molecule has 0 saturated heterocycles. The summed E-state index contributed by atoms with van der Waals surface area (Å²) in [4.78, 5) is 47.7. The molecule has 1 aromatic carbocycles.